The van der Waals surface area contributed by atoms with E-state index in [1.165, 1.54) is 111 Å². The van der Waals surface area contributed by atoms with Crippen LogP contribution in [0.4, 0.5) is 11.4 Å². The lowest BCUT2D eigenvalue weighted by Gasteiger charge is -2.36. The summed E-state index contributed by atoms with van der Waals surface area (Å²) in [6.07, 6.45) is 6.81. The van der Waals surface area contributed by atoms with Gasteiger partial charge in [0.15, 0.2) is 0 Å². The molecule has 2 heteroatoms. The predicted molar refractivity (Wildman–Crippen MR) is 322 cm³/mol. The molecule has 0 aliphatic heterocycles. The van der Waals surface area contributed by atoms with Gasteiger partial charge in [0.25, 0.3) is 0 Å². The van der Waals surface area contributed by atoms with Gasteiger partial charge in [0.2, 0.25) is 0 Å². The zero-order valence-corrected chi connectivity index (χ0v) is 42.9. The highest BCUT2D eigenvalue weighted by Gasteiger charge is 2.48. The minimum Gasteiger partial charge on any atom is -0.345 e. The molecule has 11 aromatic carbocycles. The molecular weight excluding hydrogens is 929 g/mol. The number of anilines is 2. The quantitative estimate of drug-likeness (QED) is 0.140. The monoisotopic (exact) mass is 982 g/mol. The molecule has 0 amide bonds. The molecule has 77 heavy (non-hydrogen) atoms. The maximum absolute atomic E-state index is 2.52. The molecule has 0 fully saturated rings. The topological polar surface area (TPSA) is 8.17 Å². The van der Waals surface area contributed by atoms with Crippen LogP contribution >= 0.6 is 0 Å². The Morgan fingerprint density at radius 3 is 1.35 bits per heavy atom. The fraction of sp³-hybridized carbons (Fsp3) is 0.0667. The van der Waals surface area contributed by atoms with Gasteiger partial charge < -0.3 is 9.47 Å². The summed E-state index contributed by atoms with van der Waals surface area (Å²) in [5, 5.41) is 2.44. The molecule has 0 bridgehead atoms. The van der Waals surface area contributed by atoms with Crippen LogP contribution in [-0.4, -0.2) is 11.6 Å². The summed E-state index contributed by atoms with van der Waals surface area (Å²) in [5.74, 6) is 0. The van der Waals surface area contributed by atoms with Crippen LogP contribution < -0.4 is 4.90 Å². The van der Waals surface area contributed by atoms with Crippen molar-refractivity contribution < 1.29 is 0 Å². The molecule has 364 valence electrons. The average Bonchev–Trinajstić information content (AvgIpc) is 4.19. The van der Waals surface area contributed by atoms with Gasteiger partial charge in [-0.25, -0.2) is 0 Å². The van der Waals surface area contributed by atoms with Crippen molar-refractivity contribution in [2.24, 2.45) is 0 Å². The van der Waals surface area contributed by atoms with Crippen molar-refractivity contribution >= 4 is 38.8 Å². The van der Waals surface area contributed by atoms with E-state index in [-0.39, 0.29) is 0 Å². The molecule has 0 radical (unpaired) electrons. The molecule has 12 aromatic rings. The van der Waals surface area contributed by atoms with Gasteiger partial charge in [0.05, 0.1) is 21.9 Å². The molecule has 0 saturated carbocycles. The molecule has 0 N–H and O–H groups in total. The number of hydrogen-bond acceptors (Lipinski definition) is 1. The van der Waals surface area contributed by atoms with Crippen molar-refractivity contribution in [3.05, 3.63) is 335 Å². The number of fused-ring (bicyclic) bond motifs is 8. The number of allylic oxidation sites excluding steroid dienone is 4. The highest BCUT2D eigenvalue weighted by molar-refractivity contribution is 6.12. The number of para-hydroxylation sites is 1. The van der Waals surface area contributed by atoms with E-state index in [1.807, 2.05) is 0 Å². The molecule has 2 nitrogen and oxygen atoms in total. The van der Waals surface area contributed by atoms with Gasteiger partial charge >= 0.3 is 0 Å². The van der Waals surface area contributed by atoms with Crippen molar-refractivity contribution in [2.75, 3.05) is 11.9 Å². The van der Waals surface area contributed by atoms with Crippen LogP contribution in [0.5, 0.6) is 0 Å². The highest BCUT2D eigenvalue weighted by atomic mass is 15.1. The molecule has 0 unspecified atom stereocenters. The first-order chi connectivity index (χ1) is 38.1. The van der Waals surface area contributed by atoms with Crippen molar-refractivity contribution in [1.29, 1.82) is 0 Å². The third-order valence-corrected chi connectivity index (χ3v) is 17.3. The smallest absolute Gasteiger partial charge is 0.0713 e. The summed E-state index contributed by atoms with van der Waals surface area (Å²) in [7, 11) is 2.14. The van der Waals surface area contributed by atoms with E-state index >= 15 is 0 Å². The predicted octanol–water partition coefficient (Wildman–Crippen LogP) is 18.7. The van der Waals surface area contributed by atoms with Gasteiger partial charge in [0.1, 0.15) is 0 Å². The van der Waals surface area contributed by atoms with E-state index in [0.717, 1.165) is 29.9 Å². The van der Waals surface area contributed by atoms with Gasteiger partial charge in [-0.15, -0.1) is 0 Å². The Morgan fingerprint density at radius 2 is 0.792 bits per heavy atom. The van der Waals surface area contributed by atoms with Gasteiger partial charge in [-0.3, -0.25) is 0 Å². The van der Waals surface area contributed by atoms with Gasteiger partial charge in [-0.05, 0) is 175 Å². The molecule has 0 atom stereocenters. The minimum atomic E-state index is -0.486. The number of hydrogen-bond donors (Lipinski definition) is 0. The Balaban J connectivity index is 0.928. The molecule has 15 rings (SSSR count). The van der Waals surface area contributed by atoms with Crippen LogP contribution in [0.25, 0.3) is 66.4 Å². The molecule has 3 aliphatic rings. The number of rotatable bonds is 9. The molecule has 1 heterocycles. The standard InChI is InChI=1S/C75H54N2/c1-76(59-29-15-6-16-30-59)60-39-41-61(42-40-60)77-72-45-37-51(53-35-43-64-62-31-17-19-33-68(62)74(70(64)49-53,55-21-7-2-8-22-55)56-23-9-3-10-24-56)47-66(72)67-48-52(38-46-73(67)77)54-36-44-65-63-32-18-20-34-69(63)75(71(65)50-54,57-25-11-4-12-26-57)58-27-13-5-14-28-58/h2-19,21-33,35-50H,20,34H2,1H3. The first-order valence-corrected chi connectivity index (χ1v) is 27.1. The second kappa shape index (κ2) is 17.8. The SMILES string of the molecule is CN(c1ccccc1)c1ccc(-n2c3ccc(-c4ccc5c(c4)C(c4ccccc4)(c4ccccc4)C4=C5C=CCC4)cc3c3cc(-c4ccc5c(c4)C(c4ccccc4)(c4ccccc4)c4ccccc4-5)ccc32)cc1. The lowest BCUT2D eigenvalue weighted by Crippen LogP contribution is -2.30. The third kappa shape index (κ3) is 6.75. The second-order valence-electron chi connectivity index (χ2n) is 21.1. The van der Waals surface area contributed by atoms with Crippen molar-refractivity contribution in [1.82, 2.24) is 4.57 Å². The van der Waals surface area contributed by atoms with E-state index in [4.69, 9.17) is 0 Å². The molecule has 1 aromatic heterocycles. The summed E-state index contributed by atoms with van der Waals surface area (Å²) < 4.78 is 2.46. The van der Waals surface area contributed by atoms with Crippen LogP contribution in [-0.2, 0) is 10.8 Å². The Labute approximate surface area is 450 Å². The Morgan fingerprint density at radius 1 is 0.364 bits per heavy atom. The first kappa shape index (κ1) is 44.9. The molecule has 3 aliphatic carbocycles. The lowest BCUT2D eigenvalue weighted by molar-refractivity contribution is 0.697. The van der Waals surface area contributed by atoms with Crippen LogP contribution in [0.15, 0.2) is 291 Å². The van der Waals surface area contributed by atoms with Gasteiger partial charge in [-0.2, -0.15) is 0 Å². The zero-order chi connectivity index (χ0) is 51.1. The summed E-state index contributed by atoms with van der Waals surface area (Å²) in [4.78, 5) is 2.25. The summed E-state index contributed by atoms with van der Waals surface area (Å²) in [5.41, 5.74) is 25.6. The largest absolute Gasteiger partial charge is 0.345 e. The van der Waals surface area contributed by atoms with Crippen LogP contribution in [0.3, 0.4) is 0 Å². The van der Waals surface area contributed by atoms with Gasteiger partial charge in [0, 0.05) is 34.9 Å². The normalized spacial score (nSPS) is 14.6. The van der Waals surface area contributed by atoms with Crippen molar-refractivity contribution in [2.45, 2.75) is 23.7 Å². The van der Waals surface area contributed by atoms with Crippen molar-refractivity contribution in [3.8, 4) is 39.1 Å². The third-order valence-electron chi connectivity index (χ3n) is 17.3. The minimum absolute atomic E-state index is 0.403. The number of nitrogens with zero attached hydrogens (tertiary/aromatic N) is 2. The maximum Gasteiger partial charge on any atom is 0.0713 e. The van der Waals surface area contributed by atoms with Crippen molar-refractivity contribution in [3.63, 3.8) is 0 Å². The van der Waals surface area contributed by atoms with E-state index in [2.05, 4.69) is 302 Å². The molecule has 0 spiro atoms. The Hall–Kier alpha value is -9.50. The summed E-state index contributed by atoms with van der Waals surface area (Å²) >= 11 is 0. The average molecular weight is 983 g/mol. The van der Waals surface area contributed by atoms with Crippen LogP contribution in [0.1, 0.15) is 57.3 Å². The second-order valence-corrected chi connectivity index (χ2v) is 21.1. The number of benzene rings is 11. The van der Waals surface area contributed by atoms with Crippen LogP contribution in [0.2, 0.25) is 0 Å². The van der Waals surface area contributed by atoms with E-state index in [9.17, 15) is 0 Å². The van der Waals surface area contributed by atoms with E-state index in [1.54, 1.807) is 0 Å². The van der Waals surface area contributed by atoms with E-state index in [0.29, 0.717) is 0 Å². The molecular formula is C75H54N2. The first-order valence-electron chi connectivity index (χ1n) is 27.1. The Kier molecular flexibility index (Phi) is 10.4. The summed E-state index contributed by atoms with van der Waals surface area (Å²) in [6, 6.07) is 102. The van der Waals surface area contributed by atoms with Gasteiger partial charge in [-0.1, -0.05) is 212 Å². The maximum atomic E-state index is 2.52. The Bertz CT molecular complexity index is 4220. The lowest BCUT2D eigenvalue weighted by atomic mass is 9.65. The summed E-state index contributed by atoms with van der Waals surface area (Å²) in [6.45, 7) is 0. The zero-order valence-electron chi connectivity index (χ0n) is 42.9. The fourth-order valence-electron chi connectivity index (χ4n) is 13.9. The van der Waals surface area contributed by atoms with Crippen LogP contribution in [0, 0.1) is 0 Å². The highest BCUT2D eigenvalue weighted by Crippen LogP contribution is 2.59. The van der Waals surface area contributed by atoms with E-state index < -0.39 is 10.8 Å². The molecule has 0 saturated heterocycles. The number of aromatic nitrogens is 1. The fourth-order valence-corrected chi connectivity index (χ4v) is 13.9.